The molecule has 0 aromatic heterocycles. The van der Waals surface area contributed by atoms with Crippen LogP contribution in [0.15, 0.2) is 84.9 Å². The molecule has 3 aromatic carbocycles. The van der Waals surface area contributed by atoms with Crippen molar-refractivity contribution in [2.75, 3.05) is 0 Å². The predicted octanol–water partition coefficient (Wildman–Crippen LogP) is 6.34. The molecular weight excluding hydrogens is 288 g/mol. The molecule has 0 saturated carbocycles. The Morgan fingerprint density at radius 2 is 0.708 bits per heavy atom. The molecule has 122 valence electrons. The maximum absolute atomic E-state index is 2.32. The van der Waals surface area contributed by atoms with E-state index in [2.05, 4.69) is 113 Å². The standard InChI is InChI=1S/C24H26/c1-23(2,19-13-7-5-8-14-19)21-17-11-12-18-22(21)24(3,4)20-15-9-6-10-16-20/h5-18H,1-4H3. The molecule has 0 aliphatic carbocycles. The van der Waals surface area contributed by atoms with E-state index in [1.54, 1.807) is 0 Å². The summed E-state index contributed by atoms with van der Waals surface area (Å²) < 4.78 is 0. The van der Waals surface area contributed by atoms with Crippen molar-refractivity contribution in [3.05, 3.63) is 107 Å². The molecular formula is C24H26. The minimum absolute atomic E-state index is 0.0378. The third-order valence-electron chi connectivity index (χ3n) is 5.26. The fraction of sp³-hybridized carbons (Fsp3) is 0.250. The Hall–Kier alpha value is -2.34. The highest BCUT2D eigenvalue weighted by atomic mass is 14.4. The van der Waals surface area contributed by atoms with Gasteiger partial charge < -0.3 is 0 Å². The molecule has 0 N–H and O–H groups in total. The molecule has 0 radical (unpaired) electrons. The van der Waals surface area contributed by atoms with Crippen molar-refractivity contribution >= 4 is 0 Å². The van der Waals surface area contributed by atoms with E-state index in [1.807, 2.05) is 0 Å². The van der Waals surface area contributed by atoms with E-state index in [0.717, 1.165) is 0 Å². The lowest BCUT2D eigenvalue weighted by Gasteiger charge is -2.35. The summed E-state index contributed by atoms with van der Waals surface area (Å²) in [6.07, 6.45) is 0. The molecule has 0 bridgehead atoms. The van der Waals surface area contributed by atoms with Crippen LogP contribution in [-0.4, -0.2) is 0 Å². The number of hydrogen-bond donors (Lipinski definition) is 0. The van der Waals surface area contributed by atoms with Crippen molar-refractivity contribution in [1.29, 1.82) is 0 Å². The maximum Gasteiger partial charge on any atom is 0.0149 e. The van der Waals surface area contributed by atoms with Crippen LogP contribution < -0.4 is 0 Å². The smallest absolute Gasteiger partial charge is 0.0149 e. The third kappa shape index (κ3) is 2.89. The van der Waals surface area contributed by atoms with Gasteiger partial charge in [-0.3, -0.25) is 0 Å². The average Bonchev–Trinajstić information content (AvgIpc) is 2.63. The fourth-order valence-corrected chi connectivity index (χ4v) is 3.59. The van der Waals surface area contributed by atoms with Crippen LogP contribution in [0.3, 0.4) is 0 Å². The fourth-order valence-electron chi connectivity index (χ4n) is 3.59. The van der Waals surface area contributed by atoms with Crippen LogP contribution in [0, 0.1) is 0 Å². The van der Waals surface area contributed by atoms with E-state index in [-0.39, 0.29) is 10.8 Å². The van der Waals surface area contributed by atoms with Gasteiger partial charge in [0.2, 0.25) is 0 Å². The molecule has 3 rings (SSSR count). The molecule has 0 aliphatic heterocycles. The Kier molecular flexibility index (Phi) is 4.32. The molecule has 24 heavy (non-hydrogen) atoms. The van der Waals surface area contributed by atoms with Crippen molar-refractivity contribution in [3.8, 4) is 0 Å². The lowest BCUT2D eigenvalue weighted by molar-refractivity contribution is 0.578. The van der Waals surface area contributed by atoms with Gasteiger partial charge >= 0.3 is 0 Å². The summed E-state index contributed by atoms with van der Waals surface area (Å²) in [7, 11) is 0. The van der Waals surface area contributed by atoms with E-state index in [4.69, 9.17) is 0 Å². The molecule has 0 saturated heterocycles. The first-order valence-electron chi connectivity index (χ1n) is 8.65. The van der Waals surface area contributed by atoms with Gasteiger partial charge in [-0.15, -0.1) is 0 Å². The molecule has 0 atom stereocenters. The lowest BCUT2D eigenvalue weighted by atomic mass is 9.68. The van der Waals surface area contributed by atoms with Gasteiger partial charge in [0, 0.05) is 10.8 Å². The van der Waals surface area contributed by atoms with Crippen LogP contribution in [0.25, 0.3) is 0 Å². The van der Waals surface area contributed by atoms with Gasteiger partial charge in [0.25, 0.3) is 0 Å². The van der Waals surface area contributed by atoms with Gasteiger partial charge in [0.05, 0.1) is 0 Å². The number of benzene rings is 3. The topological polar surface area (TPSA) is 0 Å². The Labute approximate surface area is 146 Å². The van der Waals surface area contributed by atoms with Crippen molar-refractivity contribution in [1.82, 2.24) is 0 Å². The zero-order valence-electron chi connectivity index (χ0n) is 15.1. The average molecular weight is 314 g/mol. The van der Waals surface area contributed by atoms with Crippen LogP contribution in [0.2, 0.25) is 0 Å². The van der Waals surface area contributed by atoms with E-state index in [1.165, 1.54) is 22.3 Å². The van der Waals surface area contributed by atoms with Crippen molar-refractivity contribution < 1.29 is 0 Å². The monoisotopic (exact) mass is 314 g/mol. The van der Waals surface area contributed by atoms with E-state index < -0.39 is 0 Å². The van der Waals surface area contributed by atoms with E-state index >= 15 is 0 Å². The second-order valence-electron chi connectivity index (χ2n) is 7.53. The molecule has 0 spiro atoms. The van der Waals surface area contributed by atoms with Gasteiger partial charge in [-0.1, -0.05) is 113 Å². The molecule has 0 nitrogen and oxygen atoms in total. The summed E-state index contributed by atoms with van der Waals surface area (Å²) in [6.45, 7) is 9.29. The molecule has 0 fully saturated rings. The van der Waals surface area contributed by atoms with Crippen molar-refractivity contribution in [2.45, 2.75) is 38.5 Å². The van der Waals surface area contributed by atoms with Gasteiger partial charge in [-0.25, -0.2) is 0 Å². The van der Waals surface area contributed by atoms with Crippen LogP contribution in [0.4, 0.5) is 0 Å². The van der Waals surface area contributed by atoms with Crippen LogP contribution >= 0.6 is 0 Å². The van der Waals surface area contributed by atoms with Crippen LogP contribution in [-0.2, 0) is 10.8 Å². The predicted molar refractivity (Wildman–Crippen MR) is 104 cm³/mol. The Morgan fingerprint density at radius 3 is 1.04 bits per heavy atom. The zero-order chi connectivity index (χ0) is 17.2. The number of hydrogen-bond acceptors (Lipinski definition) is 0. The first-order valence-corrected chi connectivity index (χ1v) is 8.65. The summed E-state index contributed by atoms with van der Waals surface area (Å²) in [5.41, 5.74) is 5.41. The van der Waals surface area contributed by atoms with Crippen molar-refractivity contribution in [2.24, 2.45) is 0 Å². The number of rotatable bonds is 4. The molecule has 0 aliphatic rings. The van der Waals surface area contributed by atoms with Gasteiger partial charge in [-0.2, -0.15) is 0 Å². The van der Waals surface area contributed by atoms with Gasteiger partial charge in [0.1, 0.15) is 0 Å². The second kappa shape index (κ2) is 6.28. The first-order chi connectivity index (χ1) is 11.4. The molecule has 0 heteroatoms. The largest absolute Gasteiger partial charge is 0.0622 e. The third-order valence-corrected chi connectivity index (χ3v) is 5.26. The van der Waals surface area contributed by atoms with Gasteiger partial charge in [-0.05, 0) is 22.3 Å². The summed E-state index contributed by atoms with van der Waals surface area (Å²) in [4.78, 5) is 0. The molecule has 0 heterocycles. The molecule has 3 aromatic rings. The normalized spacial score (nSPS) is 12.2. The maximum atomic E-state index is 2.32. The summed E-state index contributed by atoms with van der Waals surface area (Å²) >= 11 is 0. The zero-order valence-corrected chi connectivity index (χ0v) is 15.1. The molecule has 0 amide bonds. The van der Waals surface area contributed by atoms with Gasteiger partial charge in [0.15, 0.2) is 0 Å². The summed E-state index contributed by atoms with van der Waals surface area (Å²) in [5.74, 6) is 0. The highest BCUT2D eigenvalue weighted by Gasteiger charge is 2.32. The second-order valence-corrected chi connectivity index (χ2v) is 7.53. The van der Waals surface area contributed by atoms with Crippen LogP contribution in [0.5, 0.6) is 0 Å². The van der Waals surface area contributed by atoms with E-state index in [0.29, 0.717) is 0 Å². The van der Waals surface area contributed by atoms with Crippen LogP contribution in [0.1, 0.15) is 49.9 Å². The summed E-state index contributed by atoms with van der Waals surface area (Å²) in [5, 5.41) is 0. The Bertz CT molecular complexity index is 725. The summed E-state index contributed by atoms with van der Waals surface area (Å²) in [6, 6.07) is 30.5. The lowest BCUT2D eigenvalue weighted by Crippen LogP contribution is -2.28. The first kappa shape index (κ1) is 16.5. The quantitative estimate of drug-likeness (QED) is 0.527. The molecule has 0 unspecified atom stereocenters. The van der Waals surface area contributed by atoms with Crippen molar-refractivity contribution in [3.63, 3.8) is 0 Å². The SMILES string of the molecule is CC(C)(c1ccccc1)c1ccccc1C(C)(C)c1ccccc1. The Morgan fingerprint density at radius 1 is 0.417 bits per heavy atom. The minimum Gasteiger partial charge on any atom is -0.0622 e. The minimum atomic E-state index is -0.0378. The highest BCUT2D eigenvalue weighted by Crippen LogP contribution is 2.40. The van der Waals surface area contributed by atoms with E-state index in [9.17, 15) is 0 Å². The highest BCUT2D eigenvalue weighted by molar-refractivity contribution is 5.49. The Balaban J connectivity index is 2.16.